The lowest BCUT2D eigenvalue weighted by Gasteiger charge is -1.99. The highest BCUT2D eigenvalue weighted by Gasteiger charge is 2.03. The van der Waals surface area contributed by atoms with Crippen LogP contribution < -0.4 is 5.73 Å². The van der Waals surface area contributed by atoms with Crippen molar-refractivity contribution in [2.45, 2.75) is 6.92 Å². The molecule has 0 aliphatic heterocycles. The first-order chi connectivity index (χ1) is 7.24. The summed E-state index contributed by atoms with van der Waals surface area (Å²) >= 11 is 0. The van der Waals surface area contributed by atoms with E-state index < -0.39 is 6.16 Å². The topological polar surface area (TPSA) is 86.8 Å². The van der Waals surface area contributed by atoms with Crippen LogP contribution in [0.15, 0.2) is 29.7 Å². The Kier molecular flexibility index (Phi) is 4.08. The van der Waals surface area contributed by atoms with Crippen molar-refractivity contribution in [2.24, 2.45) is 10.9 Å². The summed E-state index contributed by atoms with van der Waals surface area (Å²) in [6, 6.07) is 3.39. The summed E-state index contributed by atoms with van der Waals surface area (Å²) in [5, 5.41) is 3.39. The van der Waals surface area contributed by atoms with Crippen molar-refractivity contribution >= 4 is 12.0 Å². The normalized spacial score (nSPS) is 10.9. The van der Waals surface area contributed by atoms with E-state index in [2.05, 4.69) is 19.7 Å². The molecule has 6 heteroatoms. The van der Waals surface area contributed by atoms with Crippen molar-refractivity contribution in [3.8, 4) is 0 Å². The lowest BCUT2D eigenvalue weighted by atomic mass is 10.3. The smallest absolute Gasteiger partial charge is 0.433 e. The molecule has 0 saturated heterocycles. The third kappa shape index (κ3) is 3.63. The average Bonchev–Trinajstić information content (AvgIpc) is 2.27. The van der Waals surface area contributed by atoms with Gasteiger partial charge in [-0.25, -0.2) is 4.79 Å². The molecule has 1 heterocycles. The van der Waals surface area contributed by atoms with Crippen molar-refractivity contribution in [1.29, 1.82) is 0 Å². The predicted octanol–water partition coefficient (Wildman–Crippen LogP) is 0.875. The number of aromatic nitrogens is 1. The fourth-order valence-corrected chi connectivity index (χ4v) is 0.798. The van der Waals surface area contributed by atoms with Gasteiger partial charge in [0.25, 0.3) is 0 Å². The molecule has 6 nitrogen and oxygen atoms in total. The van der Waals surface area contributed by atoms with Gasteiger partial charge in [-0.2, -0.15) is 0 Å². The molecule has 1 rings (SSSR count). The summed E-state index contributed by atoms with van der Waals surface area (Å²) in [4.78, 5) is 19.0. The minimum Gasteiger partial charge on any atom is -0.433 e. The molecule has 2 N–H and O–H groups in total. The zero-order valence-electron chi connectivity index (χ0n) is 8.21. The highest BCUT2D eigenvalue weighted by atomic mass is 16.8. The summed E-state index contributed by atoms with van der Waals surface area (Å²) in [7, 11) is 0. The van der Waals surface area contributed by atoms with E-state index in [1.54, 1.807) is 25.3 Å². The molecule has 0 fully saturated rings. The third-order valence-corrected chi connectivity index (χ3v) is 1.44. The first kappa shape index (κ1) is 11.0. The molecule has 0 spiro atoms. The fourth-order valence-electron chi connectivity index (χ4n) is 0.798. The van der Waals surface area contributed by atoms with Crippen LogP contribution in [-0.4, -0.2) is 23.6 Å². The van der Waals surface area contributed by atoms with Gasteiger partial charge in [-0.15, -0.1) is 0 Å². The van der Waals surface area contributed by atoms with Crippen LogP contribution in [0.2, 0.25) is 0 Å². The van der Waals surface area contributed by atoms with Crippen molar-refractivity contribution in [2.75, 3.05) is 6.61 Å². The van der Waals surface area contributed by atoms with E-state index in [4.69, 9.17) is 5.73 Å². The van der Waals surface area contributed by atoms with E-state index in [0.29, 0.717) is 5.56 Å². The molecule has 0 saturated carbocycles. The Labute approximate surface area is 86.7 Å². The largest absolute Gasteiger partial charge is 0.535 e. The SMILES string of the molecule is CCOC(=O)O/N=C(\N)c1cccnc1. The maximum atomic E-state index is 10.8. The summed E-state index contributed by atoms with van der Waals surface area (Å²) in [5.41, 5.74) is 6.09. The number of hydrogen-bond donors (Lipinski definition) is 1. The van der Waals surface area contributed by atoms with Crippen LogP contribution in [-0.2, 0) is 9.57 Å². The number of rotatable bonds is 3. The first-order valence-corrected chi connectivity index (χ1v) is 4.31. The van der Waals surface area contributed by atoms with E-state index in [1.165, 1.54) is 6.20 Å². The molecule has 1 aromatic heterocycles. The number of nitrogens with two attached hydrogens (primary N) is 1. The number of nitrogens with zero attached hydrogens (tertiary/aromatic N) is 2. The zero-order valence-corrected chi connectivity index (χ0v) is 8.21. The van der Waals surface area contributed by atoms with Crippen LogP contribution in [0.4, 0.5) is 4.79 Å². The van der Waals surface area contributed by atoms with Crippen LogP contribution in [0.5, 0.6) is 0 Å². The number of pyridine rings is 1. The monoisotopic (exact) mass is 209 g/mol. The van der Waals surface area contributed by atoms with Gasteiger partial charge >= 0.3 is 6.16 Å². The molecule has 0 atom stereocenters. The Morgan fingerprint density at radius 2 is 2.47 bits per heavy atom. The molecule has 15 heavy (non-hydrogen) atoms. The lowest BCUT2D eigenvalue weighted by molar-refractivity contribution is 0.0613. The van der Waals surface area contributed by atoms with Crippen molar-refractivity contribution in [3.63, 3.8) is 0 Å². The molecule has 0 radical (unpaired) electrons. The molecule has 0 bridgehead atoms. The highest BCUT2D eigenvalue weighted by Crippen LogP contribution is 1.96. The second kappa shape index (κ2) is 5.58. The third-order valence-electron chi connectivity index (χ3n) is 1.44. The van der Waals surface area contributed by atoms with Crippen LogP contribution in [0.25, 0.3) is 0 Å². The maximum Gasteiger partial charge on any atom is 0.535 e. The van der Waals surface area contributed by atoms with Crippen molar-refractivity contribution in [3.05, 3.63) is 30.1 Å². The van der Waals surface area contributed by atoms with E-state index in [0.717, 1.165) is 0 Å². The summed E-state index contributed by atoms with van der Waals surface area (Å²) in [5.74, 6) is 0.0659. The summed E-state index contributed by atoms with van der Waals surface area (Å²) < 4.78 is 4.49. The minimum atomic E-state index is -0.885. The summed E-state index contributed by atoms with van der Waals surface area (Å²) in [6.45, 7) is 1.89. The van der Waals surface area contributed by atoms with Crippen LogP contribution >= 0.6 is 0 Å². The van der Waals surface area contributed by atoms with Crippen molar-refractivity contribution in [1.82, 2.24) is 4.98 Å². The Bertz CT molecular complexity index is 351. The second-order valence-electron chi connectivity index (χ2n) is 2.49. The van der Waals surface area contributed by atoms with Crippen LogP contribution in [0.3, 0.4) is 0 Å². The van der Waals surface area contributed by atoms with Crippen molar-refractivity contribution < 1.29 is 14.4 Å². The van der Waals surface area contributed by atoms with Gasteiger partial charge in [-0.3, -0.25) is 9.82 Å². The number of hydrogen-bond acceptors (Lipinski definition) is 5. The van der Waals surface area contributed by atoms with Gasteiger partial charge in [-0.05, 0) is 19.1 Å². The lowest BCUT2D eigenvalue weighted by Crippen LogP contribution is -2.15. The Morgan fingerprint density at radius 3 is 3.07 bits per heavy atom. The number of amidine groups is 1. The molecule has 80 valence electrons. The Morgan fingerprint density at radius 1 is 1.67 bits per heavy atom. The second-order valence-corrected chi connectivity index (χ2v) is 2.49. The van der Waals surface area contributed by atoms with Gasteiger partial charge in [0.15, 0.2) is 5.84 Å². The molecule has 0 aromatic carbocycles. The molecule has 0 amide bonds. The van der Waals surface area contributed by atoms with Crippen LogP contribution in [0, 0.1) is 0 Å². The number of carbonyl (C=O) groups excluding carboxylic acids is 1. The molecule has 1 aromatic rings. The molecular formula is C9H11N3O3. The fraction of sp³-hybridized carbons (Fsp3) is 0.222. The maximum absolute atomic E-state index is 10.8. The molecule has 0 unspecified atom stereocenters. The highest BCUT2D eigenvalue weighted by molar-refractivity contribution is 5.96. The van der Waals surface area contributed by atoms with Gasteiger partial charge in [0.1, 0.15) is 0 Å². The van der Waals surface area contributed by atoms with Crippen LogP contribution in [0.1, 0.15) is 12.5 Å². The number of carbonyl (C=O) groups is 1. The van der Waals surface area contributed by atoms with E-state index in [-0.39, 0.29) is 12.4 Å². The van der Waals surface area contributed by atoms with E-state index in [9.17, 15) is 4.79 Å². The standard InChI is InChI=1S/C9H11N3O3/c1-2-14-9(13)15-12-8(10)7-4-3-5-11-6-7/h3-6H,2H2,1H3,(H2,10,12). The minimum absolute atomic E-state index is 0.0659. The van der Waals surface area contributed by atoms with Gasteiger partial charge < -0.3 is 10.5 Å². The molecule has 0 aliphatic carbocycles. The number of oxime groups is 1. The Balaban J connectivity index is 2.57. The van der Waals surface area contributed by atoms with Gasteiger partial charge in [0.2, 0.25) is 0 Å². The van der Waals surface area contributed by atoms with Gasteiger partial charge in [0, 0.05) is 18.0 Å². The molecule has 0 aliphatic rings. The molecular weight excluding hydrogens is 198 g/mol. The Hall–Kier alpha value is -2.11. The zero-order chi connectivity index (χ0) is 11.1. The van der Waals surface area contributed by atoms with Gasteiger partial charge in [-0.1, -0.05) is 5.16 Å². The first-order valence-electron chi connectivity index (χ1n) is 4.31. The van der Waals surface area contributed by atoms with E-state index >= 15 is 0 Å². The summed E-state index contributed by atoms with van der Waals surface area (Å²) in [6.07, 6.45) is 2.22. The predicted molar refractivity (Wildman–Crippen MR) is 53.1 cm³/mol. The number of ether oxygens (including phenoxy) is 1. The average molecular weight is 209 g/mol. The van der Waals surface area contributed by atoms with Gasteiger partial charge in [0.05, 0.1) is 6.61 Å². The quantitative estimate of drug-likeness (QED) is 0.262. The van der Waals surface area contributed by atoms with E-state index in [1.807, 2.05) is 0 Å².